The number of nitrogens with two attached hydrogens (primary N) is 1. The van der Waals surface area contributed by atoms with E-state index in [2.05, 4.69) is 30.4 Å². The first-order valence-electron chi connectivity index (χ1n) is 9.16. The minimum atomic E-state index is -0.591. The molecule has 0 aliphatic rings. The van der Waals surface area contributed by atoms with Gasteiger partial charge in [0.05, 0.1) is 11.9 Å². The fourth-order valence-corrected chi connectivity index (χ4v) is 2.75. The van der Waals surface area contributed by atoms with Crippen LogP contribution in [0.2, 0.25) is 0 Å². The number of carbonyl (C=O) groups is 1. The predicted molar refractivity (Wildman–Crippen MR) is 109 cm³/mol. The number of aromatic nitrogens is 6. The summed E-state index contributed by atoms with van der Waals surface area (Å²) in [6, 6.07) is 11.0. The van der Waals surface area contributed by atoms with Crippen LogP contribution in [0.25, 0.3) is 5.82 Å². The van der Waals surface area contributed by atoms with E-state index in [0.29, 0.717) is 17.2 Å². The summed E-state index contributed by atoms with van der Waals surface area (Å²) >= 11 is 0. The Labute approximate surface area is 176 Å². The van der Waals surface area contributed by atoms with Crippen molar-refractivity contribution in [1.82, 2.24) is 29.7 Å². The van der Waals surface area contributed by atoms with Gasteiger partial charge in [0.25, 0.3) is 0 Å². The van der Waals surface area contributed by atoms with Crippen LogP contribution in [0.3, 0.4) is 0 Å². The summed E-state index contributed by atoms with van der Waals surface area (Å²) in [6.45, 7) is 1.52. The highest BCUT2D eigenvalue weighted by molar-refractivity contribution is 5.90. The number of rotatable bonds is 6. The molecule has 1 aromatic carbocycles. The van der Waals surface area contributed by atoms with Crippen molar-refractivity contribution < 1.29 is 13.9 Å². The van der Waals surface area contributed by atoms with Crippen LogP contribution in [0.5, 0.6) is 0 Å². The molecule has 0 radical (unpaired) electrons. The van der Waals surface area contributed by atoms with Crippen molar-refractivity contribution in [3.05, 3.63) is 77.8 Å². The van der Waals surface area contributed by atoms with E-state index in [9.17, 15) is 9.18 Å². The number of halogens is 1. The van der Waals surface area contributed by atoms with E-state index >= 15 is 0 Å². The van der Waals surface area contributed by atoms with Crippen molar-refractivity contribution in [2.24, 2.45) is 0 Å². The molecule has 0 atom stereocenters. The van der Waals surface area contributed by atoms with Gasteiger partial charge in [0, 0.05) is 11.9 Å². The quantitative estimate of drug-likeness (QED) is 0.451. The highest BCUT2D eigenvalue weighted by atomic mass is 19.1. The molecular weight excluding hydrogens is 403 g/mol. The lowest BCUT2D eigenvalue weighted by atomic mass is 10.2. The van der Waals surface area contributed by atoms with Gasteiger partial charge in [0.1, 0.15) is 11.4 Å². The smallest absolute Gasteiger partial charge is 0.342 e. The van der Waals surface area contributed by atoms with Gasteiger partial charge < -0.3 is 15.8 Å². The Morgan fingerprint density at radius 2 is 1.97 bits per heavy atom. The van der Waals surface area contributed by atoms with Crippen LogP contribution in [0.1, 0.15) is 21.9 Å². The molecule has 0 unspecified atom stereocenters. The van der Waals surface area contributed by atoms with Gasteiger partial charge in [-0.2, -0.15) is 20.1 Å². The van der Waals surface area contributed by atoms with Crippen LogP contribution in [-0.2, 0) is 11.3 Å². The SMILES string of the molecule is Cc1c(C(=O)OCc2nc(N)nc(Nc3ccc(F)cc3)n2)cnn1-c1ccccn1. The summed E-state index contributed by atoms with van der Waals surface area (Å²) < 4.78 is 19.9. The highest BCUT2D eigenvalue weighted by Gasteiger charge is 2.18. The molecule has 0 bridgehead atoms. The Morgan fingerprint density at radius 3 is 2.71 bits per heavy atom. The third-order valence-corrected chi connectivity index (χ3v) is 4.23. The lowest BCUT2D eigenvalue weighted by molar-refractivity contribution is 0.0461. The number of anilines is 3. The Kier molecular flexibility index (Phi) is 5.47. The maximum absolute atomic E-state index is 13.0. The van der Waals surface area contributed by atoms with Crippen molar-refractivity contribution in [2.75, 3.05) is 11.1 Å². The highest BCUT2D eigenvalue weighted by Crippen LogP contribution is 2.16. The molecule has 0 spiro atoms. The molecule has 0 fully saturated rings. The lowest BCUT2D eigenvalue weighted by Gasteiger charge is -2.08. The Hall–Kier alpha value is -4.41. The molecule has 4 rings (SSSR count). The van der Waals surface area contributed by atoms with E-state index < -0.39 is 5.97 Å². The molecule has 3 N–H and O–H groups in total. The number of pyridine rings is 1. The van der Waals surface area contributed by atoms with Gasteiger partial charge in [0.15, 0.2) is 18.2 Å². The molecule has 4 aromatic rings. The molecule has 0 saturated heterocycles. The minimum absolute atomic E-state index is 0.0511. The first-order valence-corrected chi connectivity index (χ1v) is 9.16. The van der Waals surface area contributed by atoms with E-state index in [1.165, 1.54) is 30.5 Å². The fourth-order valence-electron chi connectivity index (χ4n) is 2.75. The van der Waals surface area contributed by atoms with Gasteiger partial charge in [-0.15, -0.1) is 0 Å². The number of nitrogen functional groups attached to an aromatic ring is 1. The summed E-state index contributed by atoms with van der Waals surface area (Å²) in [5, 5.41) is 7.09. The molecular formula is C20H17FN8O2. The van der Waals surface area contributed by atoms with Crippen LogP contribution < -0.4 is 11.1 Å². The number of carbonyl (C=O) groups excluding carboxylic acids is 1. The maximum Gasteiger partial charge on any atom is 0.342 e. The zero-order chi connectivity index (χ0) is 21.8. The minimum Gasteiger partial charge on any atom is -0.454 e. The number of ether oxygens (including phenoxy) is 1. The summed E-state index contributed by atoms with van der Waals surface area (Å²) in [5.74, 6) is -0.128. The van der Waals surface area contributed by atoms with Gasteiger partial charge in [-0.1, -0.05) is 6.07 Å². The second-order valence-electron chi connectivity index (χ2n) is 6.38. The Bertz CT molecular complexity index is 1210. The maximum atomic E-state index is 13.0. The Morgan fingerprint density at radius 1 is 1.16 bits per heavy atom. The van der Waals surface area contributed by atoms with Crippen LogP contribution in [0, 0.1) is 12.7 Å². The van der Waals surface area contributed by atoms with Gasteiger partial charge in [0.2, 0.25) is 11.9 Å². The summed E-state index contributed by atoms with van der Waals surface area (Å²) in [4.78, 5) is 28.9. The number of nitrogens with zero attached hydrogens (tertiary/aromatic N) is 6. The molecule has 11 heteroatoms. The molecule has 0 amide bonds. The van der Waals surface area contributed by atoms with Crippen molar-refractivity contribution in [2.45, 2.75) is 13.5 Å². The fraction of sp³-hybridized carbons (Fsp3) is 0.100. The van der Waals surface area contributed by atoms with E-state index in [0.717, 1.165) is 0 Å². The van der Waals surface area contributed by atoms with Crippen molar-refractivity contribution in [3.8, 4) is 5.82 Å². The first kappa shape index (κ1) is 19.9. The topological polar surface area (TPSA) is 134 Å². The second-order valence-corrected chi connectivity index (χ2v) is 6.38. The number of benzene rings is 1. The molecule has 0 saturated carbocycles. The van der Waals surface area contributed by atoms with E-state index in [-0.39, 0.29) is 35.7 Å². The molecule has 156 valence electrons. The van der Waals surface area contributed by atoms with Gasteiger partial charge in [-0.25, -0.2) is 18.9 Å². The summed E-state index contributed by atoms with van der Waals surface area (Å²) in [6.07, 6.45) is 3.05. The Balaban J connectivity index is 1.45. The van der Waals surface area contributed by atoms with Gasteiger partial charge >= 0.3 is 5.97 Å². The van der Waals surface area contributed by atoms with Crippen molar-refractivity contribution in [3.63, 3.8) is 0 Å². The molecule has 3 heterocycles. The van der Waals surface area contributed by atoms with Crippen LogP contribution >= 0.6 is 0 Å². The number of hydrogen-bond acceptors (Lipinski definition) is 9. The molecule has 0 aliphatic carbocycles. The normalized spacial score (nSPS) is 10.6. The largest absolute Gasteiger partial charge is 0.454 e. The van der Waals surface area contributed by atoms with Crippen LogP contribution in [-0.4, -0.2) is 35.7 Å². The van der Waals surface area contributed by atoms with Crippen molar-refractivity contribution >= 4 is 23.6 Å². The molecule has 3 aromatic heterocycles. The average Bonchev–Trinajstić information content (AvgIpc) is 3.15. The standard InChI is InChI=1S/C20H17FN8O2/c1-12-15(10-24-29(12)17-4-2-3-9-23-17)18(30)31-11-16-26-19(22)28-20(27-16)25-14-7-5-13(21)6-8-14/h2-10H,11H2,1H3,(H3,22,25,26,27,28). The average molecular weight is 420 g/mol. The van der Waals surface area contributed by atoms with Gasteiger partial charge in [-0.05, 0) is 43.3 Å². The molecule has 0 aliphatic heterocycles. The third-order valence-electron chi connectivity index (χ3n) is 4.23. The van der Waals surface area contributed by atoms with E-state index in [1.54, 1.807) is 29.9 Å². The first-order chi connectivity index (χ1) is 15.0. The van der Waals surface area contributed by atoms with Crippen molar-refractivity contribution in [1.29, 1.82) is 0 Å². The number of nitrogens with one attached hydrogen (secondary N) is 1. The van der Waals surface area contributed by atoms with E-state index in [1.807, 2.05) is 6.07 Å². The zero-order valence-corrected chi connectivity index (χ0v) is 16.4. The van der Waals surface area contributed by atoms with Gasteiger partial charge in [-0.3, -0.25) is 0 Å². The third kappa shape index (κ3) is 4.61. The second kappa shape index (κ2) is 8.53. The molecule has 10 nitrogen and oxygen atoms in total. The zero-order valence-electron chi connectivity index (χ0n) is 16.4. The number of hydrogen-bond donors (Lipinski definition) is 2. The predicted octanol–water partition coefficient (Wildman–Crippen LogP) is 2.58. The number of esters is 1. The lowest BCUT2D eigenvalue weighted by Crippen LogP contribution is -2.12. The van der Waals surface area contributed by atoms with Crippen LogP contribution in [0.15, 0.2) is 54.9 Å². The summed E-state index contributed by atoms with van der Waals surface area (Å²) in [5.41, 5.74) is 7.16. The summed E-state index contributed by atoms with van der Waals surface area (Å²) in [7, 11) is 0. The monoisotopic (exact) mass is 420 g/mol. The molecule has 31 heavy (non-hydrogen) atoms. The van der Waals surface area contributed by atoms with Crippen LogP contribution in [0.4, 0.5) is 22.0 Å². The van der Waals surface area contributed by atoms with E-state index in [4.69, 9.17) is 10.5 Å².